The van der Waals surface area contributed by atoms with Crippen LogP contribution in [0.25, 0.3) is 11.0 Å². The zero-order valence-electron chi connectivity index (χ0n) is 9.83. The molecule has 0 aliphatic rings. The minimum Gasteiger partial charge on any atom is -0.274 e. The first-order chi connectivity index (χ1) is 8.74. The number of carbonyl (C=O) groups is 1. The number of rotatable bonds is 2. The lowest BCUT2D eigenvalue weighted by Crippen LogP contribution is -2.12. The van der Waals surface area contributed by atoms with Crippen molar-refractivity contribution in [1.29, 1.82) is 0 Å². The van der Waals surface area contributed by atoms with Gasteiger partial charge in [0, 0.05) is 5.38 Å². The summed E-state index contributed by atoms with van der Waals surface area (Å²) in [6.45, 7) is 1.94. The Balaban J connectivity index is 1.92. The summed E-state index contributed by atoms with van der Waals surface area (Å²) in [5, 5.41) is 2.90. The fraction of sp³-hybridized carbons (Fsp3) is 0.154. The molecule has 0 N–H and O–H groups in total. The number of para-hydroxylation sites is 2. The molecular formula is C13H11N3OS. The van der Waals surface area contributed by atoms with Gasteiger partial charge in [0.1, 0.15) is 6.33 Å². The fourth-order valence-corrected chi connectivity index (χ4v) is 2.50. The van der Waals surface area contributed by atoms with Gasteiger partial charge in [0.25, 0.3) is 0 Å². The van der Waals surface area contributed by atoms with E-state index in [0.29, 0.717) is 6.42 Å². The molecule has 18 heavy (non-hydrogen) atoms. The third kappa shape index (κ3) is 1.93. The largest absolute Gasteiger partial charge is 0.274 e. The quantitative estimate of drug-likeness (QED) is 0.709. The topological polar surface area (TPSA) is 47.8 Å². The molecule has 1 aromatic carbocycles. The Labute approximate surface area is 108 Å². The van der Waals surface area contributed by atoms with Crippen molar-refractivity contribution in [3.63, 3.8) is 0 Å². The summed E-state index contributed by atoms with van der Waals surface area (Å²) in [6, 6.07) is 7.60. The van der Waals surface area contributed by atoms with Crippen molar-refractivity contribution >= 4 is 28.3 Å². The highest BCUT2D eigenvalue weighted by molar-refractivity contribution is 7.09. The first kappa shape index (κ1) is 11.1. The van der Waals surface area contributed by atoms with Crippen molar-refractivity contribution < 1.29 is 4.79 Å². The number of hydrogen-bond acceptors (Lipinski definition) is 4. The maximum Gasteiger partial charge on any atom is 0.238 e. The van der Waals surface area contributed by atoms with Gasteiger partial charge in [-0.15, -0.1) is 11.3 Å². The van der Waals surface area contributed by atoms with Crippen molar-refractivity contribution in [3.8, 4) is 0 Å². The molecule has 4 nitrogen and oxygen atoms in total. The van der Waals surface area contributed by atoms with Crippen LogP contribution in [0.1, 0.15) is 15.5 Å². The highest BCUT2D eigenvalue weighted by Crippen LogP contribution is 2.14. The zero-order valence-corrected chi connectivity index (χ0v) is 10.6. The van der Waals surface area contributed by atoms with E-state index >= 15 is 0 Å². The van der Waals surface area contributed by atoms with E-state index in [1.165, 1.54) is 0 Å². The summed E-state index contributed by atoms with van der Waals surface area (Å²) in [5.74, 6) is -0.00556. The van der Waals surface area contributed by atoms with Crippen molar-refractivity contribution in [3.05, 3.63) is 46.7 Å². The number of carbonyl (C=O) groups excluding carboxylic acids is 1. The van der Waals surface area contributed by atoms with Gasteiger partial charge in [-0.25, -0.2) is 9.97 Å². The summed E-state index contributed by atoms with van der Waals surface area (Å²) in [4.78, 5) is 20.7. The van der Waals surface area contributed by atoms with E-state index in [-0.39, 0.29) is 5.91 Å². The van der Waals surface area contributed by atoms with E-state index < -0.39 is 0 Å². The van der Waals surface area contributed by atoms with Gasteiger partial charge in [-0.05, 0) is 19.1 Å². The number of nitrogens with zero attached hydrogens (tertiary/aromatic N) is 3. The minimum absolute atomic E-state index is 0.00556. The maximum atomic E-state index is 12.2. The van der Waals surface area contributed by atoms with Crippen LogP contribution >= 0.6 is 11.3 Å². The average molecular weight is 257 g/mol. The zero-order chi connectivity index (χ0) is 12.5. The molecule has 0 aliphatic heterocycles. The van der Waals surface area contributed by atoms with Crippen molar-refractivity contribution in [2.24, 2.45) is 0 Å². The monoisotopic (exact) mass is 257 g/mol. The number of aromatic nitrogens is 3. The lowest BCUT2D eigenvalue weighted by atomic mass is 10.3. The van der Waals surface area contributed by atoms with Gasteiger partial charge in [-0.1, -0.05) is 12.1 Å². The summed E-state index contributed by atoms with van der Waals surface area (Å²) >= 11 is 1.56. The minimum atomic E-state index is -0.00556. The van der Waals surface area contributed by atoms with Gasteiger partial charge >= 0.3 is 0 Å². The SMILES string of the molecule is Cc1nc(CC(=O)n2cnc3ccccc32)cs1. The molecule has 3 aromatic rings. The van der Waals surface area contributed by atoms with Crippen LogP contribution in [-0.2, 0) is 6.42 Å². The standard InChI is InChI=1S/C13H11N3OS/c1-9-15-10(7-18-9)6-13(17)16-8-14-11-4-2-3-5-12(11)16/h2-5,7-8H,6H2,1H3. The van der Waals surface area contributed by atoms with Crippen LogP contribution in [0.15, 0.2) is 36.0 Å². The molecule has 2 aromatic heterocycles. The van der Waals surface area contributed by atoms with Gasteiger partial charge in [-0.2, -0.15) is 0 Å². The summed E-state index contributed by atoms with van der Waals surface area (Å²) in [6.07, 6.45) is 1.89. The first-order valence-corrected chi connectivity index (χ1v) is 6.48. The molecule has 0 unspecified atom stereocenters. The van der Waals surface area contributed by atoms with Crippen LogP contribution in [0.3, 0.4) is 0 Å². The molecule has 0 aliphatic carbocycles. The van der Waals surface area contributed by atoms with Crippen LogP contribution < -0.4 is 0 Å². The Bertz CT molecular complexity index is 714. The third-order valence-electron chi connectivity index (χ3n) is 2.72. The van der Waals surface area contributed by atoms with E-state index in [1.54, 1.807) is 22.2 Å². The number of thiazole rings is 1. The Hall–Kier alpha value is -2.01. The van der Waals surface area contributed by atoms with Gasteiger partial charge in [-0.3, -0.25) is 9.36 Å². The molecule has 0 radical (unpaired) electrons. The lowest BCUT2D eigenvalue weighted by molar-refractivity contribution is 0.0918. The lowest BCUT2D eigenvalue weighted by Gasteiger charge is -2.00. The summed E-state index contributed by atoms with van der Waals surface area (Å²) in [5.41, 5.74) is 2.50. The molecule has 5 heteroatoms. The molecule has 0 saturated carbocycles. The molecule has 0 amide bonds. The van der Waals surface area contributed by atoms with Gasteiger partial charge in [0.05, 0.1) is 28.2 Å². The Morgan fingerprint density at radius 1 is 1.39 bits per heavy atom. The number of benzene rings is 1. The Morgan fingerprint density at radius 2 is 2.22 bits per heavy atom. The van der Waals surface area contributed by atoms with Crippen LogP contribution in [-0.4, -0.2) is 20.4 Å². The molecule has 0 spiro atoms. The fourth-order valence-electron chi connectivity index (χ4n) is 1.89. The molecule has 0 saturated heterocycles. The molecular weight excluding hydrogens is 246 g/mol. The van der Waals surface area contributed by atoms with Gasteiger partial charge in [0.2, 0.25) is 5.91 Å². The van der Waals surface area contributed by atoms with Crippen LogP contribution in [0.5, 0.6) is 0 Å². The van der Waals surface area contributed by atoms with Gasteiger partial charge in [0.15, 0.2) is 0 Å². The van der Waals surface area contributed by atoms with E-state index in [2.05, 4.69) is 9.97 Å². The highest BCUT2D eigenvalue weighted by atomic mass is 32.1. The van der Waals surface area contributed by atoms with Crippen molar-refractivity contribution in [2.45, 2.75) is 13.3 Å². The van der Waals surface area contributed by atoms with Crippen molar-refractivity contribution in [1.82, 2.24) is 14.5 Å². The van der Waals surface area contributed by atoms with E-state index in [9.17, 15) is 4.79 Å². The maximum absolute atomic E-state index is 12.2. The molecule has 0 fully saturated rings. The average Bonchev–Trinajstić information content (AvgIpc) is 2.95. The Morgan fingerprint density at radius 3 is 3.00 bits per heavy atom. The number of aryl methyl sites for hydroxylation is 1. The second kappa shape index (κ2) is 4.34. The van der Waals surface area contributed by atoms with Crippen molar-refractivity contribution in [2.75, 3.05) is 0 Å². The molecule has 90 valence electrons. The molecule has 0 bridgehead atoms. The van der Waals surface area contributed by atoms with Gasteiger partial charge < -0.3 is 0 Å². The van der Waals surface area contributed by atoms with Crippen LogP contribution in [0.2, 0.25) is 0 Å². The molecule has 3 rings (SSSR count). The van der Waals surface area contributed by atoms with E-state index in [4.69, 9.17) is 0 Å². The second-order valence-electron chi connectivity index (χ2n) is 4.03. The molecule has 2 heterocycles. The first-order valence-electron chi connectivity index (χ1n) is 5.60. The number of fused-ring (bicyclic) bond motifs is 1. The highest BCUT2D eigenvalue weighted by Gasteiger charge is 2.11. The van der Waals surface area contributed by atoms with E-state index in [0.717, 1.165) is 21.7 Å². The number of imidazole rings is 1. The number of hydrogen-bond donors (Lipinski definition) is 0. The Kier molecular flexibility index (Phi) is 2.68. The molecule has 0 atom stereocenters. The predicted molar refractivity (Wildman–Crippen MR) is 70.9 cm³/mol. The van der Waals surface area contributed by atoms with Crippen LogP contribution in [0.4, 0.5) is 0 Å². The smallest absolute Gasteiger partial charge is 0.238 e. The summed E-state index contributed by atoms with van der Waals surface area (Å²) < 4.78 is 1.59. The summed E-state index contributed by atoms with van der Waals surface area (Å²) in [7, 11) is 0. The third-order valence-corrected chi connectivity index (χ3v) is 3.54. The second-order valence-corrected chi connectivity index (χ2v) is 5.09. The van der Waals surface area contributed by atoms with E-state index in [1.807, 2.05) is 36.6 Å². The van der Waals surface area contributed by atoms with Crippen LogP contribution in [0, 0.1) is 6.92 Å². The normalized spacial score (nSPS) is 10.9. The predicted octanol–water partition coefficient (Wildman–Crippen LogP) is 2.68.